The minimum Gasteiger partial charge on any atom is -0.494 e. The summed E-state index contributed by atoms with van der Waals surface area (Å²) < 4.78 is 13.0. The fraction of sp³-hybridized carbons (Fsp3) is 0.227. The summed E-state index contributed by atoms with van der Waals surface area (Å²) in [5.41, 5.74) is 2.49. The van der Waals surface area contributed by atoms with Crippen molar-refractivity contribution in [2.24, 2.45) is 0 Å². The predicted molar refractivity (Wildman–Crippen MR) is 111 cm³/mol. The van der Waals surface area contributed by atoms with Gasteiger partial charge in [-0.05, 0) is 54.8 Å². The van der Waals surface area contributed by atoms with Crippen molar-refractivity contribution in [1.82, 2.24) is 14.8 Å². The zero-order chi connectivity index (χ0) is 20.2. The topological polar surface area (TPSA) is 82.2 Å². The predicted octanol–water partition coefficient (Wildman–Crippen LogP) is 4.29. The lowest BCUT2D eigenvalue weighted by Crippen LogP contribution is -2.18. The van der Waals surface area contributed by atoms with E-state index in [0.717, 1.165) is 27.9 Å². The number of hydrogen-bond acceptors (Lipinski definition) is 5. The molecule has 7 heteroatoms. The lowest BCUT2D eigenvalue weighted by atomic mass is 10.1. The molecule has 0 spiro atoms. The van der Waals surface area contributed by atoms with E-state index in [1.165, 1.54) is 0 Å². The SMILES string of the molecule is CCOc1ccc(NC(=O)Cn2ccc3ccc(-c4nnc(CC)o4)cc32)cc1. The van der Waals surface area contributed by atoms with Crippen molar-refractivity contribution in [1.29, 1.82) is 0 Å². The summed E-state index contributed by atoms with van der Waals surface area (Å²) in [4.78, 5) is 12.5. The average Bonchev–Trinajstić information content (AvgIpc) is 3.37. The van der Waals surface area contributed by atoms with Gasteiger partial charge in [0, 0.05) is 29.4 Å². The van der Waals surface area contributed by atoms with Crippen molar-refractivity contribution in [3.8, 4) is 17.2 Å². The number of nitrogens with one attached hydrogen (secondary N) is 1. The summed E-state index contributed by atoms with van der Waals surface area (Å²) in [6, 6.07) is 15.2. The van der Waals surface area contributed by atoms with Crippen LogP contribution in [0.5, 0.6) is 5.75 Å². The first kappa shape index (κ1) is 18.7. The molecule has 0 bridgehead atoms. The Morgan fingerprint density at radius 1 is 1.10 bits per heavy atom. The number of benzene rings is 2. The van der Waals surface area contributed by atoms with Gasteiger partial charge in [-0.3, -0.25) is 4.79 Å². The largest absolute Gasteiger partial charge is 0.494 e. The highest BCUT2D eigenvalue weighted by Gasteiger charge is 2.11. The second kappa shape index (κ2) is 8.18. The first-order valence-electron chi connectivity index (χ1n) is 9.60. The van der Waals surface area contributed by atoms with Crippen molar-refractivity contribution < 1.29 is 13.9 Å². The fourth-order valence-corrected chi connectivity index (χ4v) is 3.12. The van der Waals surface area contributed by atoms with Crippen LogP contribution in [0.2, 0.25) is 0 Å². The number of hydrogen-bond donors (Lipinski definition) is 1. The third kappa shape index (κ3) is 4.13. The Morgan fingerprint density at radius 2 is 1.93 bits per heavy atom. The van der Waals surface area contributed by atoms with Crippen LogP contribution in [0.25, 0.3) is 22.4 Å². The van der Waals surface area contributed by atoms with Crippen molar-refractivity contribution in [3.05, 3.63) is 60.6 Å². The van der Waals surface area contributed by atoms with E-state index < -0.39 is 0 Å². The standard InChI is InChI=1S/C22H22N4O3/c1-3-21-24-25-22(29-21)16-6-5-15-11-12-26(19(15)13-16)14-20(27)23-17-7-9-18(10-8-17)28-4-2/h5-13H,3-4,14H2,1-2H3,(H,23,27). The maximum atomic E-state index is 12.5. The van der Waals surface area contributed by atoms with Gasteiger partial charge in [0.2, 0.25) is 17.7 Å². The summed E-state index contributed by atoms with van der Waals surface area (Å²) in [7, 11) is 0. The average molecular weight is 390 g/mol. The maximum absolute atomic E-state index is 12.5. The van der Waals surface area contributed by atoms with Crippen molar-refractivity contribution >= 4 is 22.5 Å². The van der Waals surface area contributed by atoms with E-state index >= 15 is 0 Å². The number of nitrogens with zero attached hydrogens (tertiary/aromatic N) is 3. The molecule has 4 aromatic rings. The van der Waals surface area contributed by atoms with E-state index in [1.807, 2.05) is 73.1 Å². The first-order chi connectivity index (χ1) is 14.2. The molecule has 0 aliphatic rings. The Bertz CT molecular complexity index is 1130. The van der Waals surface area contributed by atoms with Gasteiger partial charge < -0.3 is 19.0 Å². The highest BCUT2D eigenvalue weighted by molar-refractivity contribution is 5.92. The minimum absolute atomic E-state index is 0.108. The number of fused-ring (bicyclic) bond motifs is 1. The Kier molecular flexibility index (Phi) is 5.29. The molecule has 1 N–H and O–H groups in total. The number of amides is 1. The zero-order valence-electron chi connectivity index (χ0n) is 16.4. The van der Waals surface area contributed by atoms with Crippen LogP contribution in [0.3, 0.4) is 0 Å². The molecule has 2 aromatic heterocycles. The molecule has 29 heavy (non-hydrogen) atoms. The molecule has 2 heterocycles. The van der Waals surface area contributed by atoms with E-state index in [2.05, 4.69) is 15.5 Å². The van der Waals surface area contributed by atoms with E-state index in [0.29, 0.717) is 24.8 Å². The van der Waals surface area contributed by atoms with Crippen molar-refractivity contribution in [2.75, 3.05) is 11.9 Å². The quantitative estimate of drug-likeness (QED) is 0.509. The number of carbonyl (C=O) groups excluding carboxylic acids is 1. The van der Waals surface area contributed by atoms with E-state index in [-0.39, 0.29) is 12.5 Å². The second-order valence-electron chi connectivity index (χ2n) is 6.58. The van der Waals surface area contributed by atoms with Crippen LogP contribution in [0.4, 0.5) is 5.69 Å². The van der Waals surface area contributed by atoms with Crippen LogP contribution in [-0.2, 0) is 17.8 Å². The molecule has 1 amide bonds. The third-order valence-electron chi connectivity index (χ3n) is 4.55. The van der Waals surface area contributed by atoms with Crippen LogP contribution in [0.15, 0.2) is 59.1 Å². The zero-order valence-corrected chi connectivity index (χ0v) is 16.4. The van der Waals surface area contributed by atoms with Gasteiger partial charge in [-0.2, -0.15) is 0 Å². The molecule has 4 rings (SSSR count). The summed E-state index contributed by atoms with van der Waals surface area (Å²) in [5.74, 6) is 1.75. The molecule has 2 aromatic carbocycles. The second-order valence-corrected chi connectivity index (χ2v) is 6.58. The molecule has 0 fully saturated rings. The van der Waals surface area contributed by atoms with Gasteiger partial charge in [0.15, 0.2) is 0 Å². The van der Waals surface area contributed by atoms with E-state index in [1.54, 1.807) is 0 Å². The number of aromatic nitrogens is 3. The normalized spacial score (nSPS) is 11.0. The van der Waals surface area contributed by atoms with Crippen LogP contribution in [-0.4, -0.2) is 27.3 Å². The van der Waals surface area contributed by atoms with Gasteiger partial charge in [-0.15, -0.1) is 10.2 Å². The molecule has 0 aliphatic carbocycles. The molecule has 0 saturated carbocycles. The molecule has 0 radical (unpaired) electrons. The van der Waals surface area contributed by atoms with Gasteiger partial charge in [0.1, 0.15) is 12.3 Å². The van der Waals surface area contributed by atoms with Gasteiger partial charge in [0.05, 0.1) is 6.61 Å². The van der Waals surface area contributed by atoms with Gasteiger partial charge >= 0.3 is 0 Å². The number of rotatable bonds is 7. The third-order valence-corrected chi connectivity index (χ3v) is 4.55. The Balaban J connectivity index is 1.51. The lowest BCUT2D eigenvalue weighted by Gasteiger charge is -2.09. The molecule has 0 atom stereocenters. The Morgan fingerprint density at radius 3 is 2.66 bits per heavy atom. The maximum Gasteiger partial charge on any atom is 0.247 e. The monoisotopic (exact) mass is 390 g/mol. The highest BCUT2D eigenvalue weighted by Crippen LogP contribution is 2.25. The van der Waals surface area contributed by atoms with Crippen molar-refractivity contribution in [3.63, 3.8) is 0 Å². The van der Waals surface area contributed by atoms with Gasteiger partial charge in [-0.25, -0.2) is 0 Å². The molecule has 0 saturated heterocycles. The summed E-state index contributed by atoms with van der Waals surface area (Å²) in [5, 5.41) is 12.1. The Labute approximate surface area is 168 Å². The van der Waals surface area contributed by atoms with Crippen molar-refractivity contribution in [2.45, 2.75) is 26.8 Å². The molecule has 0 unspecified atom stereocenters. The van der Waals surface area contributed by atoms with E-state index in [4.69, 9.17) is 9.15 Å². The van der Waals surface area contributed by atoms with Crippen LogP contribution >= 0.6 is 0 Å². The molecule has 148 valence electrons. The van der Waals surface area contributed by atoms with Gasteiger partial charge in [-0.1, -0.05) is 13.0 Å². The van der Waals surface area contributed by atoms with Gasteiger partial charge in [0.25, 0.3) is 0 Å². The summed E-state index contributed by atoms with van der Waals surface area (Å²) in [6.45, 7) is 4.71. The first-order valence-corrected chi connectivity index (χ1v) is 9.60. The van der Waals surface area contributed by atoms with E-state index in [9.17, 15) is 4.79 Å². The smallest absolute Gasteiger partial charge is 0.247 e. The number of aryl methyl sites for hydroxylation is 1. The molecular formula is C22H22N4O3. The number of anilines is 1. The van der Waals surface area contributed by atoms with Crippen LogP contribution in [0, 0.1) is 0 Å². The molecule has 0 aliphatic heterocycles. The highest BCUT2D eigenvalue weighted by atomic mass is 16.5. The Hall–Kier alpha value is -3.61. The molecule has 7 nitrogen and oxygen atoms in total. The van der Waals surface area contributed by atoms with Crippen LogP contribution < -0.4 is 10.1 Å². The summed E-state index contributed by atoms with van der Waals surface area (Å²) in [6.07, 6.45) is 2.59. The number of ether oxygens (including phenoxy) is 1. The molecular weight excluding hydrogens is 368 g/mol. The lowest BCUT2D eigenvalue weighted by molar-refractivity contribution is -0.116. The fourth-order valence-electron chi connectivity index (χ4n) is 3.12. The summed E-state index contributed by atoms with van der Waals surface area (Å²) >= 11 is 0. The minimum atomic E-state index is -0.108. The van der Waals surface area contributed by atoms with Crippen LogP contribution in [0.1, 0.15) is 19.7 Å². The number of carbonyl (C=O) groups is 1.